The summed E-state index contributed by atoms with van der Waals surface area (Å²) in [6.07, 6.45) is 0.566. The van der Waals surface area contributed by atoms with E-state index in [2.05, 4.69) is 54.0 Å². The zero-order valence-corrected chi connectivity index (χ0v) is 17.3. The normalized spacial score (nSPS) is 13.4. The van der Waals surface area contributed by atoms with Crippen LogP contribution in [0.1, 0.15) is 27.7 Å². The zero-order chi connectivity index (χ0) is 21.9. The Balaban J connectivity index is 1.81. The minimum Gasteiger partial charge on any atom is -0.456 e. The molecule has 0 N–H and O–H groups in total. The van der Waals surface area contributed by atoms with Gasteiger partial charge in [-0.25, -0.2) is 4.57 Å². The van der Waals surface area contributed by atoms with E-state index in [0.717, 1.165) is 38.8 Å². The molecule has 2 heteroatoms. The predicted octanol–water partition coefficient (Wildman–Crippen LogP) is 6.74. The van der Waals surface area contributed by atoms with Crippen molar-refractivity contribution in [1.82, 2.24) is 0 Å². The third-order valence-corrected chi connectivity index (χ3v) is 5.59. The first-order chi connectivity index (χ1) is 14.8. The van der Waals surface area contributed by atoms with Gasteiger partial charge in [-0.1, -0.05) is 44.2 Å². The Kier molecular flexibility index (Phi) is 3.66. The van der Waals surface area contributed by atoms with Crippen LogP contribution in [0, 0.1) is 12.8 Å². The van der Waals surface area contributed by atoms with Crippen molar-refractivity contribution in [2.24, 2.45) is 13.0 Å². The molecular formula is C27H26NO+. The van der Waals surface area contributed by atoms with Crippen LogP contribution in [-0.4, -0.2) is 0 Å². The van der Waals surface area contributed by atoms with Crippen molar-refractivity contribution in [2.75, 3.05) is 0 Å². The lowest BCUT2D eigenvalue weighted by Crippen LogP contribution is -2.30. The maximum Gasteiger partial charge on any atom is 0.212 e. The highest BCUT2D eigenvalue weighted by molar-refractivity contribution is 6.19. The summed E-state index contributed by atoms with van der Waals surface area (Å²) in [6.45, 7) is 5.93. The first kappa shape index (κ1) is 15.8. The molecule has 2 nitrogen and oxygen atoms in total. The number of hydrogen-bond donors (Lipinski definition) is 0. The summed E-state index contributed by atoms with van der Waals surface area (Å²) in [5.74, 6) is -0.110. The quantitative estimate of drug-likeness (QED) is 0.316. The lowest BCUT2D eigenvalue weighted by atomic mass is 9.97. The van der Waals surface area contributed by atoms with Gasteiger partial charge in [-0.3, -0.25) is 0 Å². The molecule has 5 aromatic rings. The number of aryl methyl sites for hydroxylation is 2. The Labute approximate surface area is 174 Å². The fraction of sp³-hybridized carbons (Fsp3) is 0.222. The molecule has 0 amide bonds. The van der Waals surface area contributed by atoms with Crippen LogP contribution in [0.2, 0.25) is 0 Å². The molecule has 0 saturated carbocycles. The second kappa shape index (κ2) is 6.73. The molecule has 2 heterocycles. The smallest absolute Gasteiger partial charge is 0.212 e. The molecule has 0 aliphatic heterocycles. The second-order valence-electron chi connectivity index (χ2n) is 8.14. The topological polar surface area (TPSA) is 17.0 Å². The van der Waals surface area contributed by atoms with Gasteiger partial charge in [-0.05, 0) is 59.3 Å². The molecule has 0 unspecified atom stereocenters. The Bertz CT molecular complexity index is 1460. The molecule has 5 rings (SSSR count). The fourth-order valence-electron chi connectivity index (χ4n) is 4.23. The van der Waals surface area contributed by atoms with Crippen LogP contribution >= 0.6 is 0 Å². The molecular weight excluding hydrogens is 354 g/mol. The second-order valence-corrected chi connectivity index (χ2v) is 8.14. The highest BCUT2D eigenvalue weighted by Crippen LogP contribution is 2.37. The van der Waals surface area contributed by atoms with Crippen LogP contribution in [0.4, 0.5) is 0 Å². The van der Waals surface area contributed by atoms with Crippen LogP contribution < -0.4 is 4.57 Å². The van der Waals surface area contributed by atoms with Crippen LogP contribution in [-0.2, 0) is 13.4 Å². The first-order valence-corrected chi connectivity index (χ1v) is 10.1. The SMILES string of the molecule is [2H]C([2H])(c1cc[n+](C)c(-c2cc3c(cc2C)oc2ccc4ccccc4c23)c1)C(C)C. The van der Waals surface area contributed by atoms with E-state index in [9.17, 15) is 0 Å². The summed E-state index contributed by atoms with van der Waals surface area (Å²) in [5, 5.41) is 4.59. The summed E-state index contributed by atoms with van der Waals surface area (Å²) in [6, 6.07) is 20.7. The number of pyridine rings is 1. The van der Waals surface area contributed by atoms with Gasteiger partial charge in [-0.2, -0.15) is 0 Å². The molecule has 144 valence electrons. The van der Waals surface area contributed by atoms with E-state index in [-0.39, 0.29) is 5.92 Å². The van der Waals surface area contributed by atoms with Gasteiger partial charge in [-0.15, -0.1) is 0 Å². The van der Waals surface area contributed by atoms with Crippen molar-refractivity contribution in [3.63, 3.8) is 0 Å². The van der Waals surface area contributed by atoms with Crippen molar-refractivity contribution < 1.29 is 11.7 Å². The minimum absolute atomic E-state index is 0.110. The average molecular weight is 383 g/mol. The molecule has 3 aromatic carbocycles. The van der Waals surface area contributed by atoms with Crippen molar-refractivity contribution in [2.45, 2.75) is 27.1 Å². The number of aromatic nitrogens is 1. The number of nitrogens with zero attached hydrogens (tertiary/aromatic N) is 1. The van der Waals surface area contributed by atoms with Crippen LogP contribution in [0.15, 0.2) is 71.3 Å². The lowest BCUT2D eigenvalue weighted by Gasteiger charge is -2.09. The molecule has 0 radical (unpaired) electrons. The van der Waals surface area contributed by atoms with Crippen molar-refractivity contribution in [3.8, 4) is 11.3 Å². The monoisotopic (exact) mass is 382 g/mol. The number of furan rings is 1. The van der Waals surface area contributed by atoms with Gasteiger partial charge < -0.3 is 4.42 Å². The predicted molar refractivity (Wildman–Crippen MR) is 121 cm³/mol. The summed E-state index contributed by atoms with van der Waals surface area (Å²) >= 11 is 0. The van der Waals surface area contributed by atoms with E-state index in [0.29, 0.717) is 5.56 Å². The lowest BCUT2D eigenvalue weighted by molar-refractivity contribution is -0.660. The van der Waals surface area contributed by atoms with Crippen LogP contribution in [0.3, 0.4) is 0 Å². The molecule has 0 spiro atoms. The standard InChI is InChI=1S/C27H26NO/c1-17(2)13-19-11-12-28(4)24(15-19)22-16-23-26(14-18(22)3)29-25-10-9-20-7-5-6-8-21(20)27(23)25/h5-12,14-17H,13H2,1-4H3/q+1/i13D2. The maximum atomic E-state index is 8.55. The van der Waals surface area contributed by atoms with Gasteiger partial charge in [0.15, 0.2) is 6.20 Å². The van der Waals surface area contributed by atoms with Crippen molar-refractivity contribution >= 4 is 32.7 Å². The molecule has 29 heavy (non-hydrogen) atoms. The average Bonchev–Trinajstić information content (AvgIpc) is 3.11. The van der Waals surface area contributed by atoms with E-state index in [1.807, 2.05) is 45.3 Å². The molecule has 0 fully saturated rings. The molecule has 0 saturated heterocycles. The maximum absolute atomic E-state index is 8.55. The summed E-state index contributed by atoms with van der Waals surface area (Å²) in [4.78, 5) is 0. The Morgan fingerprint density at radius 2 is 1.79 bits per heavy atom. The minimum atomic E-state index is -1.39. The van der Waals surface area contributed by atoms with Crippen molar-refractivity contribution in [1.29, 1.82) is 0 Å². The largest absolute Gasteiger partial charge is 0.456 e. The number of hydrogen-bond acceptors (Lipinski definition) is 1. The third-order valence-electron chi connectivity index (χ3n) is 5.59. The number of benzene rings is 3. The van der Waals surface area contributed by atoms with Gasteiger partial charge in [0.25, 0.3) is 0 Å². The van der Waals surface area contributed by atoms with E-state index in [1.54, 1.807) is 0 Å². The number of rotatable bonds is 3. The van der Waals surface area contributed by atoms with Gasteiger partial charge in [0.2, 0.25) is 5.69 Å². The third kappa shape index (κ3) is 3.00. The summed E-state index contributed by atoms with van der Waals surface area (Å²) in [7, 11) is 2.01. The van der Waals surface area contributed by atoms with Gasteiger partial charge >= 0.3 is 0 Å². The first-order valence-electron chi connectivity index (χ1n) is 11.1. The van der Waals surface area contributed by atoms with E-state index in [4.69, 9.17) is 7.16 Å². The van der Waals surface area contributed by atoms with Crippen LogP contribution in [0.25, 0.3) is 44.0 Å². The van der Waals surface area contributed by atoms with E-state index < -0.39 is 6.37 Å². The molecule has 0 aliphatic rings. The van der Waals surface area contributed by atoms with Crippen molar-refractivity contribution in [3.05, 3.63) is 78.0 Å². The zero-order valence-electron chi connectivity index (χ0n) is 19.3. The summed E-state index contributed by atoms with van der Waals surface area (Å²) in [5.41, 5.74) is 5.66. The molecule has 0 atom stereocenters. The van der Waals surface area contributed by atoms with Crippen LogP contribution in [0.5, 0.6) is 0 Å². The fourth-order valence-corrected chi connectivity index (χ4v) is 4.23. The highest BCUT2D eigenvalue weighted by atomic mass is 16.3. The van der Waals surface area contributed by atoms with Gasteiger partial charge in [0.1, 0.15) is 18.2 Å². The molecule has 0 aliphatic carbocycles. The van der Waals surface area contributed by atoms with E-state index in [1.165, 1.54) is 10.8 Å². The molecule has 2 aromatic heterocycles. The Morgan fingerprint density at radius 3 is 2.62 bits per heavy atom. The van der Waals surface area contributed by atoms with Gasteiger partial charge in [0.05, 0.1) is 0 Å². The Hall–Kier alpha value is -3.13. The molecule has 0 bridgehead atoms. The number of fused-ring (bicyclic) bond motifs is 5. The highest BCUT2D eigenvalue weighted by Gasteiger charge is 2.18. The van der Waals surface area contributed by atoms with E-state index >= 15 is 0 Å². The summed E-state index contributed by atoms with van der Waals surface area (Å²) < 4.78 is 25.4. The van der Waals surface area contributed by atoms with Gasteiger partial charge in [0, 0.05) is 31.2 Å². The Morgan fingerprint density at radius 1 is 0.966 bits per heavy atom.